The van der Waals surface area contributed by atoms with Crippen molar-refractivity contribution in [2.24, 2.45) is 5.92 Å². The van der Waals surface area contributed by atoms with E-state index in [4.69, 9.17) is 4.74 Å². The number of anilines is 1. The molecule has 4 rings (SSSR count). The molecular weight excluding hydrogens is 377 g/mol. The summed E-state index contributed by atoms with van der Waals surface area (Å²) >= 11 is 0. The zero-order chi connectivity index (χ0) is 20.5. The molecule has 7 nitrogen and oxygen atoms in total. The fourth-order valence-corrected chi connectivity index (χ4v) is 3.33. The number of H-pyrrole nitrogens is 1. The Labute approximate surface area is 165 Å². The number of hydrogen-bond acceptors (Lipinski definition) is 5. The number of amides is 1. The summed E-state index contributed by atoms with van der Waals surface area (Å²) in [6, 6.07) is 11.4. The van der Waals surface area contributed by atoms with Gasteiger partial charge in [0.1, 0.15) is 18.2 Å². The maximum absolute atomic E-state index is 13.8. The maximum atomic E-state index is 13.8. The second-order valence-corrected chi connectivity index (χ2v) is 6.98. The van der Waals surface area contributed by atoms with Crippen LogP contribution in [0.1, 0.15) is 17.8 Å². The molecule has 3 aromatic rings. The minimum absolute atomic E-state index is 0.0179. The van der Waals surface area contributed by atoms with Crippen LogP contribution in [0.3, 0.4) is 0 Å². The van der Waals surface area contributed by atoms with E-state index in [1.54, 1.807) is 43.3 Å². The average Bonchev–Trinajstić information content (AvgIpc) is 3.10. The molecule has 1 N–H and O–H groups in total. The van der Waals surface area contributed by atoms with Crippen molar-refractivity contribution < 1.29 is 18.7 Å². The molecule has 0 aliphatic carbocycles. The molecule has 2 heterocycles. The molecule has 148 valence electrons. The highest BCUT2D eigenvalue weighted by atomic mass is 19.1. The average molecular weight is 395 g/mol. The van der Waals surface area contributed by atoms with Gasteiger partial charge in [0.15, 0.2) is 0 Å². The third kappa shape index (κ3) is 3.73. The van der Waals surface area contributed by atoms with Gasteiger partial charge in [0.05, 0.1) is 16.8 Å². The molecule has 0 radical (unpaired) electrons. The molecule has 0 unspecified atom stereocenters. The summed E-state index contributed by atoms with van der Waals surface area (Å²) in [4.78, 5) is 45.0. The summed E-state index contributed by atoms with van der Waals surface area (Å²) in [6.45, 7) is 1.54. The van der Waals surface area contributed by atoms with Crippen LogP contribution in [0.25, 0.3) is 10.9 Å². The molecule has 1 aliphatic rings. The Hall–Kier alpha value is -3.55. The van der Waals surface area contributed by atoms with Crippen molar-refractivity contribution >= 4 is 28.5 Å². The normalized spacial score (nSPS) is 16.4. The van der Waals surface area contributed by atoms with E-state index in [0.717, 1.165) is 0 Å². The summed E-state index contributed by atoms with van der Waals surface area (Å²) < 4.78 is 19.1. The minimum atomic E-state index is -0.668. The lowest BCUT2D eigenvalue weighted by Crippen LogP contribution is -2.26. The molecule has 1 aliphatic heterocycles. The molecule has 1 saturated heterocycles. The number of nitrogens with zero attached hydrogens (tertiary/aromatic N) is 2. The van der Waals surface area contributed by atoms with E-state index >= 15 is 0 Å². The van der Waals surface area contributed by atoms with Crippen LogP contribution >= 0.6 is 0 Å². The summed E-state index contributed by atoms with van der Waals surface area (Å²) in [6.07, 6.45) is -0.0179. The minimum Gasteiger partial charge on any atom is -0.457 e. The van der Waals surface area contributed by atoms with Crippen LogP contribution in [-0.4, -0.2) is 28.4 Å². The van der Waals surface area contributed by atoms with Gasteiger partial charge < -0.3 is 14.6 Å². The first-order valence-electron chi connectivity index (χ1n) is 9.13. The van der Waals surface area contributed by atoms with Gasteiger partial charge in [-0.25, -0.2) is 9.37 Å². The van der Waals surface area contributed by atoms with Gasteiger partial charge in [-0.15, -0.1) is 0 Å². The van der Waals surface area contributed by atoms with Gasteiger partial charge in [0.2, 0.25) is 5.91 Å². The first-order chi connectivity index (χ1) is 13.9. The highest BCUT2D eigenvalue weighted by Crippen LogP contribution is 2.27. The quantitative estimate of drug-likeness (QED) is 0.685. The van der Waals surface area contributed by atoms with Gasteiger partial charge >= 0.3 is 5.97 Å². The van der Waals surface area contributed by atoms with Gasteiger partial charge in [0, 0.05) is 18.7 Å². The van der Waals surface area contributed by atoms with Crippen LogP contribution < -0.4 is 10.5 Å². The Morgan fingerprint density at radius 3 is 2.86 bits per heavy atom. The highest BCUT2D eigenvalue weighted by molar-refractivity contribution is 5.99. The number of esters is 1. The fraction of sp³-hybridized carbons (Fsp3) is 0.238. The Bertz CT molecular complexity index is 1170. The lowest BCUT2D eigenvalue weighted by atomic mass is 10.1. The summed E-state index contributed by atoms with van der Waals surface area (Å²) in [5.41, 5.74) is 1.08. The van der Waals surface area contributed by atoms with E-state index in [0.29, 0.717) is 22.2 Å². The SMILES string of the molecule is Cc1ccc(N2C[C@@H](C(=O)OCc3nc4ccccc4c(=O)[nH]3)CC2=O)cc1F. The highest BCUT2D eigenvalue weighted by Gasteiger charge is 2.36. The van der Waals surface area contributed by atoms with Crippen LogP contribution in [0.5, 0.6) is 0 Å². The molecular formula is C21H18FN3O4. The molecule has 1 aromatic heterocycles. The first-order valence-corrected chi connectivity index (χ1v) is 9.13. The Kier molecular flexibility index (Phi) is 4.84. The fourth-order valence-electron chi connectivity index (χ4n) is 3.33. The monoisotopic (exact) mass is 395 g/mol. The van der Waals surface area contributed by atoms with Crippen molar-refractivity contribution in [2.75, 3.05) is 11.4 Å². The van der Waals surface area contributed by atoms with E-state index in [9.17, 15) is 18.8 Å². The number of rotatable bonds is 4. The number of aromatic nitrogens is 2. The molecule has 0 bridgehead atoms. The lowest BCUT2D eigenvalue weighted by molar-refractivity contribution is -0.149. The molecule has 1 atom stereocenters. The molecule has 8 heteroatoms. The predicted octanol–water partition coefficient (Wildman–Crippen LogP) is 2.47. The second-order valence-electron chi connectivity index (χ2n) is 6.98. The number of aromatic amines is 1. The van der Waals surface area contributed by atoms with E-state index < -0.39 is 17.7 Å². The Morgan fingerprint density at radius 2 is 2.07 bits per heavy atom. The van der Waals surface area contributed by atoms with Gasteiger partial charge in [-0.3, -0.25) is 14.4 Å². The zero-order valence-electron chi connectivity index (χ0n) is 15.6. The molecule has 29 heavy (non-hydrogen) atoms. The predicted molar refractivity (Wildman–Crippen MR) is 104 cm³/mol. The number of fused-ring (bicyclic) bond motifs is 1. The largest absolute Gasteiger partial charge is 0.457 e. The van der Waals surface area contributed by atoms with Crippen molar-refractivity contribution in [3.05, 3.63) is 70.0 Å². The van der Waals surface area contributed by atoms with Crippen LogP contribution in [0.15, 0.2) is 47.3 Å². The summed E-state index contributed by atoms with van der Waals surface area (Å²) in [7, 11) is 0. The molecule has 1 amide bonds. The molecule has 1 fully saturated rings. The molecule has 2 aromatic carbocycles. The third-order valence-electron chi connectivity index (χ3n) is 4.94. The molecule has 0 saturated carbocycles. The second kappa shape index (κ2) is 7.46. The van der Waals surface area contributed by atoms with E-state index in [2.05, 4.69) is 9.97 Å². The Morgan fingerprint density at radius 1 is 1.28 bits per heavy atom. The number of benzene rings is 2. The van der Waals surface area contributed by atoms with E-state index in [-0.39, 0.29) is 36.9 Å². The van der Waals surface area contributed by atoms with E-state index in [1.807, 2.05) is 0 Å². The third-order valence-corrected chi connectivity index (χ3v) is 4.94. The number of carbonyl (C=O) groups is 2. The molecule has 0 spiro atoms. The van der Waals surface area contributed by atoms with Crippen molar-refractivity contribution in [3.63, 3.8) is 0 Å². The smallest absolute Gasteiger partial charge is 0.311 e. The Balaban J connectivity index is 1.43. The topological polar surface area (TPSA) is 92.4 Å². The number of ether oxygens (including phenoxy) is 1. The van der Waals surface area contributed by atoms with Crippen LogP contribution in [0.4, 0.5) is 10.1 Å². The van der Waals surface area contributed by atoms with Crippen molar-refractivity contribution in [1.29, 1.82) is 0 Å². The van der Waals surface area contributed by atoms with Crippen LogP contribution in [-0.2, 0) is 20.9 Å². The maximum Gasteiger partial charge on any atom is 0.311 e. The first kappa shape index (κ1) is 18.8. The van der Waals surface area contributed by atoms with Gasteiger partial charge in [-0.1, -0.05) is 18.2 Å². The van der Waals surface area contributed by atoms with Gasteiger partial charge in [0.25, 0.3) is 5.56 Å². The number of carbonyl (C=O) groups excluding carboxylic acids is 2. The van der Waals surface area contributed by atoms with Gasteiger partial charge in [-0.05, 0) is 36.8 Å². The number of para-hydroxylation sites is 1. The standard InChI is InChI=1S/C21H18FN3O4/c1-12-6-7-14(9-16(12)22)25-10-13(8-19(25)26)21(28)29-11-18-23-17-5-3-2-4-15(17)20(27)24-18/h2-7,9,13H,8,10-11H2,1H3,(H,23,24,27)/t13-/m0/s1. The van der Waals surface area contributed by atoms with Gasteiger partial charge in [-0.2, -0.15) is 0 Å². The summed E-state index contributed by atoms with van der Waals surface area (Å²) in [5.74, 6) is -1.69. The van der Waals surface area contributed by atoms with Crippen molar-refractivity contribution in [2.45, 2.75) is 20.0 Å². The number of nitrogens with one attached hydrogen (secondary N) is 1. The van der Waals surface area contributed by atoms with Crippen molar-refractivity contribution in [1.82, 2.24) is 9.97 Å². The van der Waals surface area contributed by atoms with Crippen LogP contribution in [0, 0.1) is 18.7 Å². The lowest BCUT2D eigenvalue weighted by Gasteiger charge is -2.17. The number of hydrogen-bond donors (Lipinski definition) is 1. The van der Waals surface area contributed by atoms with Crippen LogP contribution in [0.2, 0.25) is 0 Å². The van der Waals surface area contributed by atoms with E-state index in [1.165, 1.54) is 11.0 Å². The number of aryl methyl sites for hydroxylation is 1. The summed E-state index contributed by atoms with van der Waals surface area (Å²) in [5, 5.41) is 0.449. The van der Waals surface area contributed by atoms with Crippen molar-refractivity contribution in [3.8, 4) is 0 Å². The zero-order valence-corrected chi connectivity index (χ0v) is 15.6. The number of halogens is 1.